The molecular weight excluding hydrogens is 239 g/mol. The second kappa shape index (κ2) is 5.59. The van der Waals surface area contributed by atoms with E-state index in [0.717, 1.165) is 32.4 Å². The third-order valence-electron chi connectivity index (χ3n) is 4.58. The van der Waals surface area contributed by atoms with E-state index in [4.69, 9.17) is 0 Å². The van der Waals surface area contributed by atoms with Gasteiger partial charge in [0.2, 0.25) is 0 Å². The van der Waals surface area contributed by atoms with Gasteiger partial charge in [0.15, 0.2) is 0 Å². The minimum Gasteiger partial charge on any atom is -0.306 e. The summed E-state index contributed by atoms with van der Waals surface area (Å²) in [5, 5.41) is 3.58. The van der Waals surface area contributed by atoms with E-state index in [1.165, 1.54) is 11.1 Å². The van der Waals surface area contributed by atoms with Crippen LogP contribution < -0.4 is 5.32 Å². The van der Waals surface area contributed by atoms with Crippen molar-refractivity contribution in [2.75, 3.05) is 20.1 Å². The van der Waals surface area contributed by atoms with Crippen molar-refractivity contribution in [2.45, 2.75) is 43.9 Å². The molecule has 2 aliphatic rings. The maximum Gasteiger partial charge on any atom is 0.120 e. The fraction of sp³-hybridized carbons (Fsp3) is 0.625. The predicted molar refractivity (Wildman–Crippen MR) is 76.1 cm³/mol. The van der Waals surface area contributed by atoms with Crippen molar-refractivity contribution in [1.82, 2.24) is 10.2 Å². The number of fused-ring (bicyclic) bond motifs is 1. The van der Waals surface area contributed by atoms with Gasteiger partial charge in [-0.1, -0.05) is 24.3 Å². The maximum absolute atomic E-state index is 14.3. The van der Waals surface area contributed by atoms with Crippen molar-refractivity contribution in [3.05, 3.63) is 35.4 Å². The molecule has 3 rings (SSSR count). The van der Waals surface area contributed by atoms with Gasteiger partial charge < -0.3 is 10.2 Å². The van der Waals surface area contributed by atoms with E-state index in [1.807, 2.05) is 6.07 Å². The Morgan fingerprint density at radius 2 is 1.89 bits per heavy atom. The summed E-state index contributed by atoms with van der Waals surface area (Å²) in [4.78, 5) is 2.35. The van der Waals surface area contributed by atoms with Crippen molar-refractivity contribution in [3.8, 4) is 0 Å². The highest BCUT2D eigenvalue weighted by atomic mass is 19.1. The van der Waals surface area contributed by atoms with Crippen molar-refractivity contribution >= 4 is 0 Å². The zero-order valence-electron chi connectivity index (χ0n) is 11.6. The third kappa shape index (κ3) is 2.82. The molecule has 0 spiro atoms. The predicted octanol–water partition coefficient (Wildman–Crippen LogP) is 2.70. The van der Waals surface area contributed by atoms with Crippen LogP contribution in [-0.4, -0.2) is 37.3 Å². The average molecular weight is 262 g/mol. The van der Waals surface area contributed by atoms with Crippen LogP contribution in [0.3, 0.4) is 0 Å². The molecule has 1 heterocycles. The number of alkyl halides is 1. The Labute approximate surface area is 115 Å². The highest BCUT2D eigenvalue weighted by Crippen LogP contribution is 2.32. The Kier molecular flexibility index (Phi) is 3.85. The molecular formula is C16H23FN2. The van der Waals surface area contributed by atoms with Gasteiger partial charge in [-0.05, 0) is 56.9 Å². The van der Waals surface area contributed by atoms with Gasteiger partial charge >= 0.3 is 0 Å². The lowest BCUT2D eigenvalue weighted by molar-refractivity contribution is 0.174. The summed E-state index contributed by atoms with van der Waals surface area (Å²) in [6.07, 6.45) is 3.04. The molecule has 2 atom stereocenters. The number of hydrogen-bond acceptors (Lipinski definition) is 2. The molecule has 3 heteroatoms. The molecule has 1 saturated heterocycles. The number of benzene rings is 1. The molecule has 0 saturated carbocycles. The van der Waals surface area contributed by atoms with Gasteiger partial charge in [0.1, 0.15) is 6.17 Å². The van der Waals surface area contributed by atoms with Gasteiger partial charge in [0.05, 0.1) is 6.04 Å². The van der Waals surface area contributed by atoms with E-state index in [9.17, 15) is 4.39 Å². The number of hydrogen-bond donors (Lipinski definition) is 1. The molecule has 0 radical (unpaired) electrons. The van der Waals surface area contributed by atoms with Crippen LogP contribution in [0.4, 0.5) is 4.39 Å². The summed E-state index contributed by atoms with van der Waals surface area (Å²) in [6.45, 7) is 2.23. The highest BCUT2D eigenvalue weighted by Gasteiger charge is 2.31. The smallest absolute Gasteiger partial charge is 0.120 e. The van der Waals surface area contributed by atoms with Crippen LogP contribution in [0.1, 0.15) is 36.4 Å². The number of nitrogens with zero attached hydrogens (tertiary/aromatic N) is 1. The van der Waals surface area contributed by atoms with Gasteiger partial charge in [0, 0.05) is 6.04 Å². The van der Waals surface area contributed by atoms with Crippen LogP contribution in [0.2, 0.25) is 0 Å². The molecule has 104 valence electrons. The number of aryl methyl sites for hydroxylation is 1. The first-order valence-corrected chi connectivity index (χ1v) is 7.40. The highest BCUT2D eigenvalue weighted by molar-refractivity contribution is 5.33. The third-order valence-corrected chi connectivity index (χ3v) is 4.58. The number of likely N-dealkylation sites (tertiary alicyclic amines) is 1. The van der Waals surface area contributed by atoms with Crippen molar-refractivity contribution in [3.63, 3.8) is 0 Å². The SMILES string of the molecule is CN1CCC(NC2c3ccccc3CCC2F)CC1. The lowest BCUT2D eigenvalue weighted by atomic mass is 9.85. The molecule has 2 unspecified atom stereocenters. The van der Waals surface area contributed by atoms with Gasteiger partial charge in [-0.3, -0.25) is 0 Å². The molecule has 1 aromatic carbocycles. The number of rotatable bonds is 2. The molecule has 0 aromatic heterocycles. The van der Waals surface area contributed by atoms with Crippen LogP contribution in [0.25, 0.3) is 0 Å². The zero-order chi connectivity index (χ0) is 13.2. The minimum atomic E-state index is -0.741. The van der Waals surface area contributed by atoms with E-state index < -0.39 is 6.17 Å². The minimum absolute atomic E-state index is 0.0987. The van der Waals surface area contributed by atoms with Crippen LogP contribution >= 0.6 is 0 Å². The molecule has 1 aliphatic heterocycles. The quantitative estimate of drug-likeness (QED) is 0.881. The first-order chi connectivity index (χ1) is 9.24. The number of halogens is 1. The largest absolute Gasteiger partial charge is 0.306 e. The van der Waals surface area contributed by atoms with Gasteiger partial charge in [-0.25, -0.2) is 4.39 Å². The number of nitrogens with one attached hydrogen (secondary N) is 1. The van der Waals surface area contributed by atoms with Gasteiger partial charge in [-0.2, -0.15) is 0 Å². The van der Waals surface area contributed by atoms with Crippen LogP contribution in [0, 0.1) is 0 Å². The maximum atomic E-state index is 14.3. The second-order valence-electron chi connectivity index (χ2n) is 5.98. The molecule has 1 fully saturated rings. The first-order valence-electron chi connectivity index (χ1n) is 7.40. The van der Waals surface area contributed by atoms with Crippen molar-refractivity contribution in [2.24, 2.45) is 0 Å². The molecule has 0 bridgehead atoms. The monoisotopic (exact) mass is 262 g/mol. The molecule has 1 N–H and O–H groups in total. The summed E-state index contributed by atoms with van der Waals surface area (Å²) < 4.78 is 14.3. The normalized spacial score (nSPS) is 29.2. The summed E-state index contributed by atoms with van der Waals surface area (Å²) in [5.74, 6) is 0. The van der Waals surface area contributed by atoms with Crippen LogP contribution in [-0.2, 0) is 6.42 Å². The van der Waals surface area contributed by atoms with Crippen LogP contribution in [0.15, 0.2) is 24.3 Å². The van der Waals surface area contributed by atoms with E-state index >= 15 is 0 Å². The van der Waals surface area contributed by atoms with E-state index in [1.54, 1.807) is 0 Å². The Hall–Kier alpha value is -0.930. The topological polar surface area (TPSA) is 15.3 Å². The van der Waals surface area contributed by atoms with Crippen molar-refractivity contribution < 1.29 is 4.39 Å². The number of piperidine rings is 1. The summed E-state index contributed by atoms with van der Waals surface area (Å²) in [7, 11) is 2.16. The Morgan fingerprint density at radius 1 is 1.16 bits per heavy atom. The van der Waals surface area contributed by atoms with E-state index in [2.05, 4.69) is 35.5 Å². The van der Waals surface area contributed by atoms with Crippen molar-refractivity contribution in [1.29, 1.82) is 0 Å². The second-order valence-corrected chi connectivity index (χ2v) is 5.98. The standard InChI is InChI=1S/C16H23FN2/c1-19-10-8-13(9-11-19)18-16-14-5-3-2-4-12(14)6-7-15(16)17/h2-5,13,15-16,18H,6-11H2,1H3. The fourth-order valence-electron chi connectivity index (χ4n) is 3.34. The Morgan fingerprint density at radius 3 is 2.68 bits per heavy atom. The molecule has 1 aliphatic carbocycles. The molecule has 1 aromatic rings. The van der Waals surface area contributed by atoms with Gasteiger partial charge in [-0.15, -0.1) is 0 Å². The summed E-state index contributed by atoms with van der Waals surface area (Å²) in [6, 6.07) is 8.69. The molecule has 2 nitrogen and oxygen atoms in total. The first kappa shape index (κ1) is 13.1. The zero-order valence-corrected chi connectivity index (χ0v) is 11.6. The van der Waals surface area contributed by atoms with E-state index in [-0.39, 0.29) is 6.04 Å². The Bertz CT molecular complexity index is 427. The molecule has 0 amide bonds. The summed E-state index contributed by atoms with van der Waals surface area (Å²) in [5.41, 5.74) is 2.50. The Balaban J connectivity index is 1.73. The van der Waals surface area contributed by atoms with Crippen LogP contribution in [0.5, 0.6) is 0 Å². The average Bonchev–Trinajstić information content (AvgIpc) is 2.44. The molecule has 19 heavy (non-hydrogen) atoms. The van der Waals surface area contributed by atoms with Gasteiger partial charge in [0.25, 0.3) is 0 Å². The van der Waals surface area contributed by atoms with E-state index in [0.29, 0.717) is 12.5 Å². The summed E-state index contributed by atoms with van der Waals surface area (Å²) >= 11 is 0. The lowest BCUT2D eigenvalue weighted by Gasteiger charge is -2.36. The fourth-order valence-corrected chi connectivity index (χ4v) is 3.34. The lowest BCUT2D eigenvalue weighted by Crippen LogP contribution is -2.45.